The summed E-state index contributed by atoms with van der Waals surface area (Å²) < 4.78 is 40.8. The van der Waals surface area contributed by atoms with Gasteiger partial charge in [0.05, 0.1) is 5.52 Å². The van der Waals surface area contributed by atoms with Crippen LogP contribution in [0.3, 0.4) is 0 Å². The molecule has 1 saturated heterocycles. The van der Waals surface area contributed by atoms with E-state index in [1.165, 1.54) is 22.6 Å². The smallest absolute Gasteiger partial charge is 0.325 e. The predicted octanol–water partition coefficient (Wildman–Crippen LogP) is 4.44. The van der Waals surface area contributed by atoms with Crippen molar-refractivity contribution in [3.8, 4) is 11.1 Å². The lowest BCUT2D eigenvalue weighted by Gasteiger charge is -2.27. The van der Waals surface area contributed by atoms with Crippen LogP contribution in [0, 0.1) is 12.3 Å². The van der Waals surface area contributed by atoms with Crippen LogP contribution in [0.2, 0.25) is 0 Å². The molecule has 1 saturated carbocycles. The molecule has 2 aliphatic rings. The van der Waals surface area contributed by atoms with Crippen LogP contribution in [0.15, 0.2) is 48.8 Å². The number of amides is 2. The topological polar surface area (TPSA) is 123 Å². The van der Waals surface area contributed by atoms with E-state index in [4.69, 9.17) is 0 Å². The van der Waals surface area contributed by atoms with Crippen molar-refractivity contribution in [1.82, 2.24) is 29.6 Å². The molecular formula is C29H26F3N7O3. The van der Waals surface area contributed by atoms with Gasteiger partial charge in [-0.05, 0) is 55.0 Å². The number of alkyl halides is 3. The Morgan fingerprint density at radius 1 is 1.07 bits per heavy atom. The molecule has 42 heavy (non-hydrogen) atoms. The van der Waals surface area contributed by atoms with E-state index >= 15 is 0 Å². The Hall–Kier alpha value is -4.68. The fraction of sp³-hybridized carbons (Fsp3) is 0.345. The zero-order chi connectivity index (χ0) is 30.0. The monoisotopic (exact) mass is 577 g/mol. The Kier molecular flexibility index (Phi) is 6.35. The van der Waals surface area contributed by atoms with E-state index in [9.17, 15) is 27.6 Å². The molecule has 10 nitrogen and oxygen atoms in total. The van der Waals surface area contributed by atoms with Gasteiger partial charge in [0.2, 0.25) is 11.8 Å². The molecule has 1 unspecified atom stereocenters. The van der Waals surface area contributed by atoms with Crippen molar-refractivity contribution < 1.29 is 27.6 Å². The highest BCUT2D eigenvalue weighted by Gasteiger charge is 2.64. The number of aryl methyl sites for hydroxylation is 1. The van der Waals surface area contributed by atoms with Gasteiger partial charge in [-0.2, -0.15) is 18.3 Å². The first kappa shape index (κ1) is 27.5. The number of ketones is 1. The van der Waals surface area contributed by atoms with E-state index < -0.39 is 23.8 Å². The van der Waals surface area contributed by atoms with Crippen LogP contribution in [-0.4, -0.2) is 59.3 Å². The highest BCUT2D eigenvalue weighted by Crippen LogP contribution is 2.59. The number of likely N-dealkylation sites (tertiary alicyclic amines) is 1. The van der Waals surface area contributed by atoms with Crippen LogP contribution in [0.1, 0.15) is 48.7 Å². The van der Waals surface area contributed by atoms with Crippen molar-refractivity contribution in [2.45, 2.75) is 58.4 Å². The number of halogens is 3. The van der Waals surface area contributed by atoms with Gasteiger partial charge in [-0.15, -0.1) is 0 Å². The minimum absolute atomic E-state index is 0.183. The first-order chi connectivity index (χ1) is 19.8. The molecule has 1 aliphatic carbocycles. The maximum Gasteiger partial charge on any atom is 0.433 e. The molecule has 0 bridgehead atoms. The first-order valence-electron chi connectivity index (χ1n) is 13.3. The standard InChI is InChI=1S/C29H26F3N7O3/c1-15(40)26-19-9-17(18-12-33-16(2)34-13-18)7-8-20(19)38(37-26)14-25(41)39-21(10-28(3)11-23(28)39)27(42)36-24-6-4-5-22(35-24)29(30,31)32/h4-9,12-13,21,23H,10-11,14H2,1-3H3,(H,35,36,42)/t21-,23+,28?/m0/s1. The number of nitrogens with zero attached hydrogens (tertiary/aromatic N) is 6. The SMILES string of the molecule is CC(=O)c1nn(CC(=O)N2[C@H](C(=O)Nc3cccc(C(F)(F)F)n3)CC3(C)C[C@@H]23)c2ccc(-c3cnc(C)nc3)cc12. The van der Waals surface area contributed by atoms with E-state index in [-0.39, 0.29) is 41.2 Å². The molecule has 3 atom stereocenters. The summed E-state index contributed by atoms with van der Waals surface area (Å²) in [6.07, 6.45) is -0.208. The summed E-state index contributed by atoms with van der Waals surface area (Å²) in [7, 11) is 0. The third-order valence-corrected chi connectivity index (χ3v) is 8.00. The number of anilines is 1. The van der Waals surface area contributed by atoms with Gasteiger partial charge in [0.25, 0.3) is 0 Å². The molecule has 2 fully saturated rings. The maximum atomic E-state index is 13.7. The van der Waals surface area contributed by atoms with E-state index in [1.54, 1.807) is 31.5 Å². The van der Waals surface area contributed by atoms with Crippen molar-refractivity contribution in [2.75, 3.05) is 5.32 Å². The lowest BCUT2D eigenvalue weighted by Crippen LogP contribution is -2.46. The first-order valence-corrected chi connectivity index (χ1v) is 13.3. The van der Waals surface area contributed by atoms with E-state index in [1.807, 2.05) is 13.0 Å². The quantitative estimate of drug-likeness (QED) is 0.336. The van der Waals surface area contributed by atoms with E-state index in [0.717, 1.165) is 23.3 Å². The molecule has 4 aromatic rings. The van der Waals surface area contributed by atoms with Gasteiger partial charge < -0.3 is 10.2 Å². The minimum atomic E-state index is -4.66. The van der Waals surface area contributed by atoms with Crippen LogP contribution in [0.4, 0.5) is 19.0 Å². The summed E-state index contributed by atoms with van der Waals surface area (Å²) in [5.74, 6) is -0.878. The Labute approximate surface area is 238 Å². The zero-order valence-corrected chi connectivity index (χ0v) is 22.9. The number of pyridine rings is 1. The number of carbonyl (C=O) groups excluding carboxylic acids is 3. The van der Waals surface area contributed by atoms with Gasteiger partial charge >= 0.3 is 6.18 Å². The van der Waals surface area contributed by atoms with Crippen LogP contribution in [-0.2, 0) is 22.3 Å². The third kappa shape index (κ3) is 4.88. The van der Waals surface area contributed by atoms with E-state index in [2.05, 4.69) is 25.4 Å². The number of Topliss-reactive ketones (excluding diaryl/α,β-unsaturated/α-hetero) is 1. The number of hydrogen-bond donors (Lipinski definition) is 1. The van der Waals surface area contributed by atoms with Gasteiger partial charge in [0, 0.05) is 36.3 Å². The number of rotatable bonds is 6. The highest BCUT2D eigenvalue weighted by atomic mass is 19.4. The normalized spacial score (nSPS) is 21.3. The van der Waals surface area contributed by atoms with Gasteiger partial charge in [-0.25, -0.2) is 15.0 Å². The lowest BCUT2D eigenvalue weighted by atomic mass is 10.0. The molecule has 1 aromatic carbocycles. The van der Waals surface area contributed by atoms with Crippen molar-refractivity contribution in [2.24, 2.45) is 5.41 Å². The number of aromatic nitrogens is 5. The van der Waals surface area contributed by atoms with Crippen LogP contribution < -0.4 is 5.32 Å². The van der Waals surface area contributed by atoms with Crippen LogP contribution in [0.5, 0.6) is 0 Å². The number of nitrogens with one attached hydrogen (secondary N) is 1. The number of benzene rings is 1. The summed E-state index contributed by atoms with van der Waals surface area (Å²) in [5.41, 5.74) is 0.923. The molecule has 0 radical (unpaired) electrons. The molecule has 6 rings (SSSR count). The van der Waals surface area contributed by atoms with Crippen molar-refractivity contribution in [1.29, 1.82) is 0 Å². The molecule has 1 aliphatic heterocycles. The molecule has 4 heterocycles. The minimum Gasteiger partial charge on any atom is -0.325 e. The fourth-order valence-corrected chi connectivity index (χ4v) is 5.72. The van der Waals surface area contributed by atoms with Crippen LogP contribution in [0.25, 0.3) is 22.0 Å². The maximum absolute atomic E-state index is 13.7. The number of piperidine rings is 1. The van der Waals surface area contributed by atoms with E-state index in [0.29, 0.717) is 29.6 Å². The fourth-order valence-electron chi connectivity index (χ4n) is 5.72. The largest absolute Gasteiger partial charge is 0.433 e. The average Bonchev–Trinajstić information content (AvgIpc) is 3.30. The Morgan fingerprint density at radius 3 is 2.50 bits per heavy atom. The molecule has 0 spiro atoms. The average molecular weight is 578 g/mol. The van der Waals surface area contributed by atoms with Crippen molar-refractivity contribution in [3.05, 3.63) is 66.0 Å². The summed E-state index contributed by atoms with van der Waals surface area (Å²) in [6, 6.07) is 7.58. The second-order valence-electron chi connectivity index (χ2n) is 11.1. The van der Waals surface area contributed by atoms with Crippen LogP contribution >= 0.6 is 0 Å². The van der Waals surface area contributed by atoms with Gasteiger partial charge in [-0.1, -0.05) is 19.1 Å². The summed E-state index contributed by atoms with van der Waals surface area (Å²) in [6.45, 7) is 4.92. The highest BCUT2D eigenvalue weighted by molar-refractivity contribution is 6.06. The second kappa shape index (κ2) is 9.71. The molecule has 216 valence electrons. The molecular weight excluding hydrogens is 551 g/mol. The van der Waals surface area contributed by atoms with Crippen molar-refractivity contribution in [3.63, 3.8) is 0 Å². The number of fused-ring (bicyclic) bond motifs is 2. The van der Waals surface area contributed by atoms with Gasteiger partial charge in [0.1, 0.15) is 35.6 Å². The Morgan fingerprint density at radius 2 is 1.81 bits per heavy atom. The third-order valence-electron chi connectivity index (χ3n) is 8.00. The summed E-state index contributed by atoms with van der Waals surface area (Å²) in [4.78, 5) is 52.9. The Balaban J connectivity index is 1.27. The molecule has 3 aromatic heterocycles. The second-order valence-corrected chi connectivity index (χ2v) is 11.1. The summed E-state index contributed by atoms with van der Waals surface area (Å²) >= 11 is 0. The molecule has 1 N–H and O–H groups in total. The zero-order valence-electron chi connectivity index (χ0n) is 22.9. The van der Waals surface area contributed by atoms with Gasteiger partial charge in [0.15, 0.2) is 5.78 Å². The van der Waals surface area contributed by atoms with Gasteiger partial charge in [-0.3, -0.25) is 19.1 Å². The molecule has 13 heteroatoms. The predicted molar refractivity (Wildman–Crippen MR) is 145 cm³/mol. The molecule has 2 amide bonds. The Bertz CT molecular complexity index is 1750. The number of hydrogen-bond acceptors (Lipinski definition) is 7. The number of carbonyl (C=O) groups is 3. The van der Waals surface area contributed by atoms with Crippen molar-refractivity contribution >= 4 is 34.3 Å². The summed E-state index contributed by atoms with van der Waals surface area (Å²) in [5, 5.41) is 7.47. The lowest BCUT2D eigenvalue weighted by molar-refractivity contribution is -0.141.